The molecule has 1 N–H and O–H groups in total. The normalized spacial score (nSPS) is 16.5. The van der Waals surface area contributed by atoms with Crippen LogP contribution in [-0.2, 0) is 4.79 Å². The van der Waals surface area contributed by atoms with E-state index in [0.29, 0.717) is 42.8 Å². The Morgan fingerprint density at radius 3 is 2.67 bits per heavy atom. The molecule has 154 valence electrons. The Morgan fingerprint density at radius 2 is 1.90 bits per heavy atom. The summed E-state index contributed by atoms with van der Waals surface area (Å²) in [5.74, 6) is -1.16. The zero-order chi connectivity index (χ0) is 21.3. The van der Waals surface area contributed by atoms with Crippen molar-refractivity contribution in [2.75, 3.05) is 18.4 Å². The average molecular weight is 408 g/mol. The predicted molar refractivity (Wildman–Crippen MR) is 111 cm³/mol. The van der Waals surface area contributed by atoms with Gasteiger partial charge in [0.1, 0.15) is 11.4 Å². The summed E-state index contributed by atoms with van der Waals surface area (Å²) < 4.78 is 18.3. The molecule has 0 radical (unpaired) electrons. The van der Waals surface area contributed by atoms with Crippen LogP contribution < -0.4 is 10.9 Å². The van der Waals surface area contributed by atoms with Crippen molar-refractivity contribution in [1.82, 2.24) is 4.90 Å². The molecule has 7 heteroatoms. The fraction of sp³-hybridized carbons (Fsp3) is 0.261. The second-order valence-electron chi connectivity index (χ2n) is 7.55. The van der Waals surface area contributed by atoms with Crippen LogP contribution in [0.5, 0.6) is 0 Å². The highest BCUT2D eigenvalue weighted by Gasteiger charge is 2.29. The van der Waals surface area contributed by atoms with Gasteiger partial charge in [0.2, 0.25) is 5.91 Å². The monoisotopic (exact) mass is 408 g/mol. The molecule has 0 aliphatic carbocycles. The maximum Gasteiger partial charge on any atom is 0.336 e. The van der Waals surface area contributed by atoms with E-state index in [1.807, 2.05) is 6.92 Å². The molecule has 2 aromatic carbocycles. The Balaban J connectivity index is 1.47. The Hall–Kier alpha value is -3.48. The lowest BCUT2D eigenvalue weighted by Crippen LogP contribution is -2.43. The second kappa shape index (κ2) is 8.10. The number of anilines is 1. The van der Waals surface area contributed by atoms with E-state index < -0.39 is 11.4 Å². The molecule has 0 bridgehead atoms. The van der Waals surface area contributed by atoms with Crippen molar-refractivity contribution in [3.63, 3.8) is 0 Å². The van der Waals surface area contributed by atoms with Gasteiger partial charge >= 0.3 is 5.63 Å². The van der Waals surface area contributed by atoms with Crippen molar-refractivity contribution < 1.29 is 18.4 Å². The molecule has 1 fully saturated rings. The SMILES string of the molecule is Cc1cc(=O)oc2cc(NC(=O)C3CCCN(C(=O)c4ccc(F)cc4)C3)ccc12. The molecule has 30 heavy (non-hydrogen) atoms. The van der Waals surface area contributed by atoms with Crippen LogP contribution >= 0.6 is 0 Å². The zero-order valence-electron chi connectivity index (χ0n) is 16.5. The number of halogens is 1. The highest BCUT2D eigenvalue weighted by Crippen LogP contribution is 2.24. The smallest absolute Gasteiger partial charge is 0.336 e. The first-order valence-electron chi connectivity index (χ1n) is 9.81. The van der Waals surface area contributed by atoms with Crippen LogP contribution in [0.25, 0.3) is 11.0 Å². The average Bonchev–Trinajstić information content (AvgIpc) is 2.73. The van der Waals surface area contributed by atoms with Crippen LogP contribution in [0.4, 0.5) is 10.1 Å². The number of nitrogens with one attached hydrogen (secondary N) is 1. The van der Waals surface area contributed by atoms with E-state index in [4.69, 9.17) is 4.42 Å². The molecule has 4 rings (SSSR count). The van der Waals surface area contributed by atoms with Gasteiger partial charge in [-0.1, -0.05) is 0 Å². The van der Waals surface area contributed by atoms with Crippen molar-refractivity contribution in [3.05, 3.63) is 75.9 Å². The molecule has 2 heterocycles. The summed E-state index contributed by atoms with van der Waals surface area (Å²) in [5, 5.41) is 3.67. The lowest BCUT2D eigenvalue weighted by molar-refractivity contribution is -0.121. The Labute approximate surface area is 172 Å². The maximum atomic E-state index is 13.1. The first-order chi connectivity index (χ1) is 14.4. The number of hydrogen-bond donors (Lipinski definition) is 1. The van der Waals surface area contributed by atoms with Crippen molar-refractivity contribution >= 4 is 28.5 Å². The van der Waals surface area contributed by atoms with E-state index in [1.54, 1.807) is 23.1 Å². The molecule has 1 aromatic heterocycles. The number of amides is 2. The van der Waals surface area contributed by atoms with Crippen LogP contribution in [0.3, 0.4) is 0 Å². The molecule has 1 unspecified atom stereocenters. The summed E-state index contributed by atoms with van der Waals surface area (Å²) in [6, 6.07) is 12.0. The van der Waals surface area contributed by atoms with Gasteiger partial charge in [-0.15, -0.1) is 0 Å². The third-order valence-electron chi connectivity index (χ3n) is 5.39. The Kier molecular flexibility index (Phi) is 5.35. The Bertz CT molecular complexity index is 1170. The molecule has 2 amide bonds. The number of piperidine rings is 1. The number of fused-ring (bicyclic) bond motifs is 1. The summed E-state index contributed by atoms with van der Waals surface area (Å²) in [4.78, 5) is 38.7. The quantitative estimate of drug-likeness (QED) is 0.670. The molecule has 0 saturated carbocycles. The minimum absolute atomic E-state index is 0.194. The minimum atomic E-state index is -0.439. The summed E-state index contributed by atoms with van der Waals surface area (Å²) in [6.07, 6.45) is 1.37. The van der Waals surface area contributed by atoms with E-state index in [0.717, 1.165) is 10.9 Å². The molecule has 1 aliphatic heterocycles. The van der Waals surface area contributed by atoms with Gasteiger partial charge in [-0.25, -0.2) is 9.18 Å². The van der Waals surface area contributed by atoms with E-state index in [9.17, 15) is 18.8 Å². The van der Waals surface area contributed by atoms with E-state index in [2.05, 4.69) is 5.32 Å². The molecule has 1 saturated heterocycles. The number of carbonyl (C=O) groups excluding carboxylic acids is 2. The minimum Gasteiger partial charge on any atom is -0.423 e. The third kappa shape index (κ3) is 4.10. The lowest BCUT2D eigenvalue weighted by Gasteiger charge is -2.32. The Morgan fingerprint density at radius 1 is 1.13 bits per heavy atom. The largest absolute Gasteiger partial charge is 0.423 e. The molecule has 0 spiro atoms. The fourth-order valence-corrected chi connectivity index (χ4v) is 3.80. The van der Waals surface area contributed by atoms with Gasteiger partial charge in [0.05, 0.1) is 5.92 Å². The van der Waals surface area contributed by atoms with Crippen molar-refractivity contribution in [2.24, 2.45) is 5.92 Å². The lowest BCUT2D eigenvalue weighted by atomic mass is 9.96. The van der Waals surface area contributed by atoms with Crippen molar-refractivity contribution in [1.29, 1.82) is 0 Å². The summed E-state index contributed by atoms with van der Waals surface area (Å²) >= 11 is 0. The third-order valence-corrected chi connectivity index (χ3v) is 5.39. The number of likely N-dealkylation sites (tertiary alicyclic amines) is 1. The zero-order valence-corrected chi connectivity index (χ0v) is 16.5. The van der Waals surface area contributed by atoms with E-state index >= 15 is 0 Å². The van der Waals surface area contributed by atoms with Crippen LogP contribution in [-0.4, -0.2) is 29.8 Å². The van der Waals surface area contributed by atoms with Gasteiger partial charge < -0.3 is 14.6 Å². The second-order valence-corrected chi connectivity index (χ2v) is 7.55. The first kappa shape index (κ1) is 19.8. The molecule has 1 aliphatic rings. The molecule has 1 atom stereocenters. The molecular weight excluding hydrogens is 387 g/mol. The number of aryl methyl sites for hydroxylation is 1. The van der Waals surface area contributed by atoms with Crippen LogP contribution in [0.1, 0.15) is 28.8 Å². The first-order valence-corrected chi connectivity index (χ1v) is 9.81. The molecule has 3 aromatic rings. The van der Waals surface area contributed by atoms with Gasteiger partial charge in [0, 0.05) is 41.9 Å². The molecular formula is C23H21FN2O4. The van der Waals surface area contributed by atoms with Crippen LogP contribution in [0.15, 0.2) is 57.7 Å². The van der Waals surface area contributed by atoms with E-state index in [1.165, 1.54) is 30.3 Å². The summed E-state index contributed by atoms with van der Waals surface area (Å²) in [7, 11) is 0. The standard InChI is InChI=1S/C23H21FN2O4/c1-14-11-21(27)30-20-12-18(8-9-19(14)20)25-22(28)16-3-2-10-26(13-16)23(29)15-4-6-17(24)7-5-15/h4-9,11-12,16H,2-3,10,13H2,1H3,(H,25,28). The number of rotatable bonds is 3. The van der Waals surface area contributed by atoms with Crippen molar-refractivity contribution in [3.8, 4) is 0 Å². The van der Waals surface area contributed by atoms with Gasteiger partial charge in [-0.2, -0.15) is 0 Å². The number of nitrogens with zero attached hydrogens (tertiary/aromatic N) is 1. The van der Waals surface area contributed by atoms with Crippen LogP contribution in [0, 0.1) is 18.7 Å². The van der Waals surface area contributed by atoms with Crippen LogP contribution in [0.2, 0.25) is 0 Å². The number of benzene rings is 2. The number of carbonyl (C=O) groups is 2. The van der Waals surface area contributed by atoms with Gasteiger partial charge in [0.15, 0.2) is 0 Å². The predicted octanol–water partition coefficient (Wildman–Crippen LogP) is 3.73. The molecule has 6 nitrogen and oxygen atoms in total. The number of hydrogen-bond acceptors (Lipinski definition) is 4. The fourth-order valence-electron chi connectivity index (χ4n) is 3.80. The summed E-state index contributed by atoms with van der Waals surface area (Å²) in [6.45, 7) is 2.68. The van der Waals surface area contributed by atoms with E-state index in [-0.39, 0.29) is 17.7 Å². The van der Waals surface area contributed by atoms with Gasteiger partial charge in [-0.05, 0) is 61.7 Å². The maximum absolute atomic E-state index is 13.1. The highest BCUT2D eigenvalue weighted by atomic mass is 19.1. The van der Waals surface area contributed by atoms with Gasteiger partial charge in [0.25, 0.3) is 5.91 Å². The topological polar surface area (TPSA) is 79.6 Å². The highest BCUT2D eigenvalue weighted by molar-refractivity contribution is 5.97. The van der Waals surface area contributed by atoms with Gasteiger partial charge in [-0.3, -0.25) is 9.59 Å². The summed E-state index contributed by atoms with van der Waals surface area (Å²) in [5.41, 5.74) is 1.71. The van der Waals surface area contributed by atoms with Crippen molar-refractivity contribution in [2.45, 2.75) is 19.8 Å².